The lowest BCUT2D eigenvalue weighted by Crippen LogP contribution is -2.47. The van der Waals surface area contributed by atoms with Crippen LogP contribution in [0.15, 0.2) is 54.9 Å². The predicted octanol–water partition coefficient (Wildman–Crippen LogP) is 4.60. The summed E-state index contributed by atoms with van der Waals surface area (Å²) >= 11 is 0. The average Bonchev–Trinajstić information content (AvgIpc) is 2.55. The van der Waals surface area contributed by atoms with Crippen LogP contribution in [0, 0.1) is 6.92 Å². The number of pyridine rings is 1. The summed E-state index contributed by atoms with van der Waals surface area (Å²) in [5.41, 5.74) is 5.50. The molecule has 1 aromatic carbocycles. The van der Waals surface area contributed by atoms with Crippen molar-refractivity contribution in [1.29, 1.82) is 0 Å². The van der Waals surface area contributed by atoms with E-state index >= 15 is 0 Å². The second-order valence-corrected chi connectivity index (χ2v) is 6.96. The first-order valence-corrected chi connectivity index (χ1v) is 8.72. The van der Waals surface area contributed by atoms with Gasteiger partial charge in [-0.2, -0.15) is 0 Å². The summed E-state index contributed by atoms with van der Waals surface area (Å²) in [5.74, 6) is 0. The molecule has 2 nitrogen and oxygen atoms in total. The van der Waals surface area contributed by atoms with Crippen molar-refractivity contribution in [2.45, 2.75) is 51.2 Å². The molecule has 2 aliphatic rings. The van der Waals surface area contributed by atoms with Gasteiger partial charge >= 0.3 is 0 Å². The van der Waals surface area contributed by atoms with Crippen LogP contribution in [0.1, 0.15) is 42.4 Å². The minimum Gasteiger partial charge on any atom is -0.289 e. The third kappa shape index (κ3) is 3.09. The number of hydrogen-bond acceptors (Lipinski definition) is 2. The highest BCUT2D eigenvalue weighted by molar-refractivity contribution is 5.67. The molecule has 0 aliphatic carbocycles. The van der Waals surface area contributed by atoms with Gasteiger partial charge in [-0.1, -0.05) is 42.8 Å². The zero-order chi connectivity index (χ0) is 15.6. The number of hydrogen-bond donors (Lipinski definition) is 0. The molecule has 2 atom stereocenters. The second-order valence-electron chi connectivity index (χ2n) is 6.96. The third-order valence-corrected chi connectivity index (χ3v) is 5.24. The maximum Gasteiger partial charge on any atom is 0.0343 e. The second kappa shape index (κ2) is 6.29. The Bertz CT molecular complexity index is 705. The monoisotopic (exact) mass is 304 g/mol. The highest BCUT2D eigenvalue weighted by Crippen LogP contribution is 2.37. The number of aryl methyl sites for hydroxylation is 1. The van der Waals surface area contributed by atoms with Crippen molar-refractivity contribution in [2.75, 3.05) is 0 Å². The van der Waals surface area contributed by atoms with E-state index in [1.807, 2.05) is 12.4 Å². The fraction of sp³-hybridized carbons (Fsp3) is 0.381. The molecule has 0 spiro atoms. The summed E-state index contributed by atoms with van der Waals surface area (Å²) in [5, 5.41) is 0. The molecular formula is C21H24N2. The maximum atomic E-state index is 4.39. The molecule has 2 heteroatoms. The molecule has 1 aromatic heterocycles. The zero-order valence-electron chi connectivity index (χ0n) is 13.8. The van der Waals surface area contributed by atoms with Crippen molar-refractivity contribution in [3.05, 3.63) is 71.6 Å². The molecule has 0 amide bonds. The lowest BCUT2D eigenvalue weighted by atomic mass is 9.82. The normalized spacial score (nSPS) is 24.3. The lowest BCUT2D eigenvalue weighted by molar-refractivity contribution is 0.0951. The Hall–Kier alpha value is -1.93. The van der Waals surface area contributed by atoms with E-state index in [1.54, 1.807) is 0 Å². The molecule has 118 valence electrons. The van der Waals surface area contributed by atoms with Gasteiger partial charge in [0.05, 0.1) is 0 Å². The average molecular weight is 304 g/mol. The fourth-order valence-corrected chi connectivity index (χ4v) is 4.10. The zero-order valence-corrected chi connectivity index (χ0v) is 13.8. The molecule has 2 bridgehead atoms. The summed E-state index contributed by atoms with van der Waals surface area (Å²) in [6, 6.07) is 14.4. The molecule has 0 N–H and O–H groups in total. The molecule has 0 saturated carbocycles. The van der Waals surface area contributed by atoms with E-state index in [2.05, 4.69) is 59.3 Å². The van der Waals surface area contributed by atoms with Crippen LogP contribution in [-0.4, -0.2) is 22.0 Å². The van der Waals surface area contributed by atoms with Crippen molar-refractivity contribution in [1.82, 2.24) is 9.88 Å². The number of rotatable bonds is 3. The molecule has 23 heavy (non-hydrogen) atoms. The van der Waals surface area contributed by atoms with Gasteiger partial charge in [0.15, 0.2) is 0 Å². The number of benzene rings is 1. The SMILES string of the molecule is Cc1cncc(C2=CC3CCCC(C2)N3Cc2ccccc2)c1. The number of fused-ring (bicyclic) bond motifs is 2. The Kier molecular flexibility index (Phi) is 4.00. The molecule has 0 radical (unpaired) electrons. The first-order chi connectivity index (χ1) is 11.3. The number of piperidine rings is 1. The number of aromatic nitrogens is 1. The van der Waals surface area contributed by atoms with Gasteiger partial charge in [0.2, 0.25) is 0 Å². The molecule has 1 saturated heterocycles. The van der Waals surface area contributed by atoms with Gasteiger partial charge in [0.25, 0.3) is 0 Å². The third-order valence-electron chi connectivity index (χ3n) is 5.24. The molecule has 4 rings (SSSR count). The Morgan fingerprint density at radius 2 is 2.00 bits per heavy atom. The summed E-state index contributed by atoms with van der Waals surface area (Å²) in [7, 11) is 0. The van der Waals surface area contributed by atoms with E-state index in [0.717, 1.165) is 13.0 Å². The predicted molar refractivity (Wildman–Crippen MR) is 95.0 cm³/mol. The van der Waals surface area contributed by atoms with E-state index < -0.39 is 0 Å². The largest absolute Gasteiger partial charge is 0.289 e. The Morgan fingerprint density at radius 1 is 1.13 bits per heavy atom. The minimum absolute atomic E-state index is 0.582. The van der Waals surface area contributed by atoms with Crippen LogP contribution >= 0.6 is 0 Å². The molecule has 2 aromatic rings. The van der Waals surface area contributed by atoms with Crippen molar-refractivity contribution < 1.29 is 0 Å². The first kappa shape index (κ1) is 14.6. The van der Waals surface area contributed by atoms with Crippen molar-refractivity contribution in [3.8, 4) is 0 Å². The molecule has 3 heterocycles. The quantitative estimate of drug-likeness (QED) is 0.824. The topological polar surface area (TPSA) is 16.1 Å². The van der Waals surface area contributed by atoms with E-state index in [1.165, 1.54) is 41.5 Å². The Morgan fingerprint density at radius 3 is 2.78 bits per heavy atom. The van der Waals surface area contributed by atoms with E-state index in [9.17, 15) is 0 Å². The highest BCUT2D eigenvalue weighted by atomic mass is 15.2. The van der Waals surface area contributed by atoms with Crippen molar-refractivity contribution >= 4 is 5.57 Å². The van der Waals surface area contributed by atoms with Crippen molar-refractivity contribution in [3.63, 3.8) is 0 Å². The minimum atomic E-state index is 0.582. The summed E-state index contributed by atoms with van der Waals surface area (Å²) in [6.45, 7) is 3.20. The molecule has 1 fully saturated rings. The maximum absolute atomic E-state index is 4.39. The van der Waals surface area contributed by atoms with Crippen LogP contribution in [0.25, 0.3) is 5.57 Å². The van der Waals surface area contributed by atoms with Crippen LogP contribution in [0.4, 0.5) is 0 Å². The standard InChI is InChI=1S/C21H24N2/c1-16-10-19(14-22-13-16)18-11-20-8-5-9-21(12-18)23(20)15-17-6-3-2-4-7-17/h2-4,6-7,10-11,13-14,20-21H,5,8-9,12,15H2,1H3. The van der Waals surface area contributed by atoms with Crippen LogP contribution < -0.4 is 0 Å². The smallest absolute Gasteiger partial charge is 0.0343 e. The first-order valence-electron chi connectivity index (χ1n) is 8.72. The summed E-state index contributed by atoms with van der Waals surface area (Å²) in [4.78, 5) is 7.10. The van der Waals surface area contributed by atoms with Gasteiger partial charge in [-0.3, -0.25) is 9.88 Å². The Balaban J connectivity index is 1.60. The van der Waals surface area contributed by atoms with Crippen molar-refractivity contribution in [2.24, 2.45) is 0 Å². The van der Waals surface area contributed by atoms with Gasteiger partial charge in [-0.25, -0.2) is 0 Å². The van der Waals surface area contributed by atoms with Gasteiger partial charge in [-0.15, -0.1) is 0 Å². The molecular weight excluding hydrogens is 280 g/mol. The molecule has 2 unspecified atom stereocenters. The van der Waals surface area contributed by atoms with Gasteiger partial charge in [-0.05, 0) is 54.5 Å². The Labute approximate surface area is 138 Å². The number of nitrogens with zero attached hydrogens (tertiary/aromatic N) is 2. The van der Waals surface area contributed by atoms with Crippen LogP contribution in [0.2, 0.25) is 0 Å². The van der Waals surface area contributed by atoms with Gasteiger partial charge < -0.3 is 0 Å². The van der Waals surface area contributed by atoms with Gasteiger partial charge in [0, 0.05) is 31.0 Å². The van der Waals surface area contributed by atoms with Crippen LogP contribution in [0.5, 0.6) is 0 Å². The van der Waals surface area contributed by atoms with Crippen LogP contribution in [-0.2, 0) is 6.54 Å². The van der Waals surface area contributed by atoms with Gasteiger partial charge in [0.1, 0.15) is 0 Å². The van der Waals surface area contributed by atoms with E-state index in [0.29, 0.717) is 12.1 Å². The van der Waals surface area contributed by atoms with Crippen LogP contribution in [0.3, 0.4) is 0 Å². The molecule has 2 aliphatic heterocycles. The van der Waals surface area contributed by atoms with E-state index in [-0.39, 0.29) is 0 Å². The lowest BCUT2D eigenvalue weighted by Gasteiger charge is -2.45. The van der Waals surface area contributed by atoms with E-state index in [4.69, 9.17) is 0 Å². The summed E-state index contributed by atoms with van der Waals surface area (Å²) in [6.07, 6.45) is 11.6. The fourth-order valence-electron chi connectivity index (χ4n) is 4.10. The highest BCUT2D eigenvalue weighted by Gasteiger charge is 2.34. The summed E-state index contributed by atoms with van der Waals surface area (Å²) < 4.78 is 0.